The highest BCUT2D eigenvalue weighted by Crippen LogP contribution is 2.31. The highest BCUT2D eigenvalue weighted by atomic mass is 35.5. The van der Waals surface area contributed by atoms with Gasteiger partial charge in [0.25, 0.3) is 0 Å². The van der Waals surface area contributed by atoms with Gasteiger partial charge in [-0.05, 0) is 18.2 Å². The third kappa shape index (κ3) is 4.09. The number of carbonyl (C=O) groups is 1. The highest BCUT2D eigenvalue weighted by Gasteiger charge is 2.12. The predicted octanol–water partition coefficient (Wildman–Crippen LogP) is 0.751. The van der Waals surface area contributed by atoms with Crippen molar-refractivity contribution in [3.63, 3.8) is 0 Å². The lowest BCUT2D eigenvalue weighted by molar-refractivity contribution is -0.120. The summed E-state index contributed by atoms with van der Waals surface area (Å²) < 4.78 is 15.4. The second-order valence-electron chi connectivity index (χ2n) is 4.06. The predicted molar refractivity (Wildman–Crippen MR) is 81.0 cm³/mol. The summed E-state index contributed by atoms with van der Waals surface area (Å²) in [5, 5.41) is 6.41. The van der Waals surface area contributed by atoms with Crippen molar-refractivity contribution < 1.29 is 18.8 Å². The van der Waals surface area contributed by atoms with E-state index in [1.54, 1.807) is 32.4 Å². The molecule has 2 rings (SSSR count). The molecule has 0 fully saturated rings. The molecule has 1 aromatic carbocycles. The Morgan fingerprint density at radius 2 is 2.05 bits per heavy atom. The summed E-state index contributed by atoms with van der Waals surface area (Å²) in [6.45, 7) is 0.0486. The number of halogens is 1. The molecule has 3 N–H and O–H groups in total. The number of nitrogens with zero attached hydrogens (tertiary/aromatic N) is 2. The van der Waals surface area contributed by atoms with Gasteiger partial charge in [-0.25, -0.2) is 0 Å². The zero-order chi connectivity index (χ0) is 15.2. The molecule has 0 unspecified atom stereocenters. The van der Waals surface area contributed by atoms with E-state index in [0.29, 0.717) is 28.8 Å². The minimum absolute atomic E-state index is 0. The summed E-state index contributed by atoms with van der Waals surface area (Å²) in [7, 11) is 3.11. The molecule has 0 bridgehead atoms. The molecule has 0 saturated heterocycles. The van der Waals surface area contributed by atoms with Crippen molar-refractivity contribution in [2.24, 2.45) is 5.73 Å². The summed E-state index contributed by atoms with van der Waals surface area (Å²) in [5.41, 5.74) is 5.90. The molecular formula is C13H17ClN4O4. The lowest BCUT2D eigenvalue weighted by Crippen LogP contribution is -2.29. The Balaban J connectivity index is 0.00000242. The number of benzene rings is 1. The van der Waals surface area contributed by atoms with Crippen LogP contribution in [0, 0.1) is 0 Å². The second-order valence-corrected chi connectivity index (χ2v) is 4.06. The van der Waals surface area contributed by atoms with Crippen LogP contribution in [0.2, 0.25) is 0 Å². The van der Waals surface area contributed by atoms with Crippen LogP contribution in [-0.2, 0) is 11.3 Å². The Bertz CT molecular complexity index is 632. The van der Waals surface area contributed by atoms with E-state index in [4.69, 9.17) is 19.7 Å². The summed E-state index contributed by atoms with van der Waals surface area (Å²) in [4.78, 5) is 15.2. The number of amides is 1. The fourth-order valence-electron chi connectivity index (χ4n) is 1.67. The topological polar surface area (TPSA) is 113 Å². The van der Waals surface area contributed by atoms with Gasteiger partial charge in [-0.1, -0.05) is 5.16 Å². The molecular weight excluding hydrogens is 312 g/mol. The fourth-order valence-corrected chi connectivity index (χ4v) is 1.67. The van der Waals surface area contributed by atoms with Crippen LogP contribution >= 0.6 is 12.4 Å². The number of rotatable bonds is 6. The van der Waals surface area contributed by atoms with Gasteiger partial charge in [0, 0.05) is 5.56 Å². The molecule has 9 heteroatoms. The average molecular weight is 329 g/mol. The van der Waals surface area contributed by atoms with Gasteiger partial charge >= 0.3 is 0 Å². The SMILES string of the molecule is COc1ccc(-c2noc(CNC(=O)CN)n2)cc1OC.Cl. The molecule has 0 spiro atoms. The number of ether oxygens (including phenoxy) is 2. The number of hydrogen-bond acceptors (Lipinski definition) is 7. The smallest absolute Gasteiger partial charge is 0.246 e. The van der Waals surface area contributed by atoms with Crippen molar-refractivity contribution in [3.8, 4) is 22.9 Å². The third-order valence-electron chi connectivity index (χ3n) is 2.73. The third-order valence-corrected chi connectivity index (χ3v) is 2.73. The van der Waals surface area contributed by atoms with E-state index in [2.05, 4.69) is 15.5 Å². The van der Waals surface area contributed by atoms with E-state index < -0.39 is 0 Å². The van der Waals surface area contributed by atoms with Crippen molar-refractivity contribution >= 4 is 18.3 Å². The first-order valence-electron chi connectivity index (χ1n) is 6.19. The van der Waals surface area contributed by atoms with Crippen LogP contribution in [0.1, 0.15) is 5.89 Å². The Kier molecular flexibility index (Phi) is 6.61. The maximum Gasteiger partial charge on any atom is 0.246 e. The van der Waals surface area contributed by atoms with E-state index in [1.165, 1.54) is 0 Å². The largest absolute Gasteiger partial charge is 0.493 e. The first-order valence-corrected chi connectivity index (χ1v) is 6.19. The van der Waals surface area contributed by atoms with Gasteiger partial charge < -0.3 is 25.0 Å². The number of methoxy groups -OCH3 is 2. The number of nitrogens with two attached hydrogens (primary N) is 1. The maximum atomic E-state index is 11.1. The zero-order valence-electron chi connectivity index (χ0n) is 12.2. The van der Waals surface area contributed by atoms with Crippen LogP contribution in [0.5, 0.6) is 11.5 Å². The van der Waals surface area contributed by atoms with Crippen molar-refractivity contribution in [1.29, 1.82) is 0 Å². The van der Waals surface area contributed by atoms with Crippen molar-refractivity contribution in [1.82, 2.24) is 15.5 Å². The molecule has 0 saturated carbocycles. The standard InChI is InChI=1S/C13H16N4O4.ClH/c1-19-9-4-3-8(5-10(9)20-2)13-16-12(21-17-13)7-15-11(18)6-14;/h3-5H,6-7,14H2,1-2H3,(H,15,18);1H. The first-order chi connectivity index (χ1) is 10.2. The number of nitrogens with one attached hydrogen (secondary N) is 1. The van der Waals surface area contributed by atoms with Crippen LogP contribution in [0.4, 0.5) is 0 Å². The van der Waals surface area contributed by atoms with Crippen LogP contribution in [-0.4, -0.2) is 36.8 Å². The van der Waals surface area contributed by atoms with Gasteiger partial charge in [0.2, 0.25) is 17.6 Å². The fraction of sp³-hybridized carbons (Fsp3) is 0.308. The molecule has 22 heavy (non-hydrogen) atoms. The quantitative estimate of drug-likeness (QED) is 0.804. The highest BCUT2D eigenvalue weighted by molar-refractivity contribution is 5.85. The zero-order valence-corrected chi connectivity index (χ0v) is 13.0. The summed E-state index contributed by atoms with van der Waals surface area (Å²) >= 11 is 0. The van der Waals surface area contributed by atoms with Crippen molar-refractivity contribution in [2.75, 3.05) is 20.8 Å². The Morgan fingerprint density at radius 3 is 2.68 bits per heavy atom. The minimum atomic E-state index is -0.291. The van der Waals surface area contributed by atoms with Gasteiger partial charge in [0.15, 0.2) is 11.5 Å². The molecule has 8 nitrogen and oxygen atoms in total. The average Bonchev–Trinajstić information content (AvgIpc) is 3.00. The monoisotopic (exact) mass is 328 g/mol. The van der Waals surface area contributed by atoms with Gasteiger partial charge in [-0.2, -0.15) is 4.98 Å². The van der Waals surface area contributed by atoms with E-state index >= 15 is 0 Å². The Hall–Kier alpha value is -2.32. The summed E-state index contributed by atoms with van der Waals surface area (Å²) in [6.07, 6.45) is 0. The van der Waals surface area contributed by atoms with Gasteiger partial charge in [0.05, 0.1) is 27.3 Å². The van der Waals surface area contributed by atoms with Crippen LogP contribution in [0.3, 0.4) is 0 Å². The number of hydrogen-bond donors (Lipinski definition) is 2. The van der Waals surface area contributed by atoms with Crippen molar-refractivity contribution in [2.45, 2.75) is 6.54 Å². The molecule has 2 aromatic rings. The van der Waals surface area contributed by atoms with E-state index in [-0.39, 0.29) is 31.4 Å². The van der Waals surface area contributed by atoms with E-state index in [0.717, 1.165) is 0 Å². The summed E-state index contributed by atoms with van der Waals surface area (Å²) in [5.74, 6) is 1.58. The molecule has 0 aliphatic heterocycles. The van der Waals surface area contributed by atoms with E-state index in [1.807, 2.05) is 0 Å². The number of aromatic nitrogens is 2. The van der Waals surface area contributed by atoms with Gasteiger partial charge in [-0.15, -0.1) is 12.4 Å². The lowest BCUT2D eigenvalue weighted by atomic mass is 10.2. The van der Waals surface area contributed by atoms with Crippen molar-refractivity contribution in [3.05, 3.63) is 24.1 Å². The molecule has 1 amide bonds. The van der Waals surface area contributed by atoms with Crippen LogP contribution in [0.25, 0.3) is 11.4 Å². The van der Waals surface area contributed by atoms with Gasteiger partial charge in [0.1, 0.15) is 0 Å². The number of carbonyl (C=O) groups excluding carboxylic acids is 1. The van der Waals surface area contributed by atoms with Crippen LogP contribution in [0.15, 0.2) is 22.7 Å². The molecule has 0 radical (unpaired) electrons. The van der Waals surface area contributed by atoms with Gasteiger partial charge in [-0.3, -0.25) is 4.79 Å². The summed E-state index contributed by atoms with van der Waals surface area (Å²) in [6, 6.07) is 5.28. The lowest BCUT2D eigenvalue weighted by Gasteiger charge is -2.07. The van der Waals surface area contributed by atoms with Crippen LogP contribution < -0.4 is 20.5 Å². The van der Waals surface area contributed by atoms with E-state index in [9.17, 15) is 4.79 Å². The molecule has 1 heterocycles. The molecule has 0 aliphatic carbocycles. The normalized spacial score (nSPS) is 9.77. The molecule has 120 valence electrons. The molecule has 0 aliphatic rings. The Labute approximate surface area is 133 Å². The molecule has 0 atom stereocenters. The second kappa shape index (κ2) is 8.20. The first kappa shape index (κ1) is 17.7. The Morgan fingerprint density at radius 1 is 1.32 bits per heavy atom. The minimum Gasteiger partial charge on any atom is -0.493 e. The maximum absolute atomic E-state index is 11.1. The molecule has 1 aromatic heterocycles.